The molecule has 1 heterocycles. The zero-order valence-electron chi connectivity index (χ0n) is 15.6. The molecule has 26 heavy (non-hydrogen) atoms. The van der Waals surface area contributed by atoms with E-state index in [1.54, 1.807) is 6.07 Å². The van der Waals surface area contributed by atoms with Crippen molar-refractivity contribution in [2.75, 3.05) is 0 Å². The number of pyridine rings is 1. The lowest BCUT2D eigenvalue weighted by Gasteiger charge is -2.23. The van der Waals surface area contributed by atoms with Crippen molar-refractivity contribution < 1.29 is 9.59 Å². The van der Waals surface area contributed by atoms with E-state index in [2.05, 4.69) is 15.6 Å². The van der Waals surface area contributed by atoms with Crippen LogP contribution in [0.5, 0.6) is 0 Å². The first-order chi connectivity index (χ1) is 12.2. The maximum absolute atomic E-state index is 12.6. The van der Waals surface area contributed by atoms with E-state index in [0.717, 1.165) is 23.7 Å². The van der Waals surface area contributed by atoms with Crippen LogP contribution in [0.1, 0.15) is 50.9 Å². The lowest BCUT2D eigenvalue weighted by atomic mass is 10.1. The minimum atomic E-state index is -0.303. The maximum atomic E-state index is 12.6. The van der Waals surface area contributed by atoms with Crippen molar-refractivity contribution in [3.05, 3.63) is 35.9 Å². The van der Waals surface area contributed by atoms with Crippen molar-refractivity contribution in [2.24, 2.45) is 0 Å². The molecule has 1 fully saturated rings. The predicted molar refractivity (Wildman–Crippen MR) is 105 cm³/mol. The fraction of sp³-hybridized carbons (Fsp3) is 0.450. The summed E-state index contributed by atoms with van der Waals surface area (Å²) in [5, 5.41) is 7.24. The predicted octanol–water partition coefficient (Wildman–Crippen LogP) is 3.52. The van der Waals surface area contributed by atoms with Gasteiger partial charge < -0.3 is 10.6 Å². The Morgan fingerprint density at radius 1 is 1.23 bits per heavy atom. The first-order valence-electron chi connectivity index (χ1n) is 8.92. The molecule has 138 valence electrons. The van der Waals surface area contributed by atoms with Gasteiger partial charge in [0.25, 0.3) is 5.91 Å². The van der Waals surface area contributed by atoms with Crippen LogP contribution in [0.3, 0.4) is 0 Å². The van der Waals surface area contributed by atoms with Crippen molar-refractivity contribution in [2.45, 2.75) is 62.4 Å². The van der Waals surface area contributed by atoms with Crippen LogP contribution in [-0.4, -0.2) is 33.6 Å². The number of amides is 2. The van der Waals surface area contributed by atoms with Gasteiger partial charge in [0.05, 0.1) is 21.4 Å². The Hall–Kier alpha value is -2.08. The third kappa shape index (κ3) is 4.75. The Kier molecular flexibility index (Phi) is 5.23. The SMILES string of the molecule is C[C@@H](Sc1cc(C(=O)NC2CC2)c2ccccc2n1)C(=O)NC(C)(C)C. The molecule has 5 nitrogen and oxygen atoms in total. The number of nitrogens with one attached hydrogen (secondary N) is 2. The molecule has 0 bridgehead atoms. The summed E-state index contributed by atoms with van der Waals surface area (Å²) in [7, 11) is 0. The number of fused-ring (bicyclic) bond motifs is 1. The summed E-state index contributed by atoms with van der Waals surface area (Å²) in [6, 6.07) is 9.71. The van der Waals surface area contributed by atoms with Crippen molar-refractivity contribution in [3.63, 3.8) is 0 Å². The second-order valence-corrected chi connectivity index (χ2v) is 9.13. The molecule has 2 N–H and O–H groups in total. The number of para-hydroxylation sites is 1. The highest BCUT2D eigenvalue weighted by atomic mass is 32.2. The Bertz CT molecular complexity index is 841. The molecule has 0 spiro atoms. The average Bonchev–Trinajstić information content (AvgIpc) is 3.36. The van der Waals surface area contributed by atoms with Crippen LogP contribution in [0, 0.1) is 0 Å². The van der Waals surface area contributed by atoms with Gasteiger partial charge in [-0.2, -0.15) is 0 Å². The number of hydrogen-bond acceptors (Lipinski definition) is 4. The third-order valence-corrected chi connectivity index (χ3v) is 5.03. The highest BCUT2D eigenvalue weighted by Crippen LogP contribution is 2.28. The first kappa shape index (κ1) is 18.7. The monoisotopic (exact) mass is 371 g/mol. The van der Waals surface area contributed by atoms with E-state index in [0.29, 0.717) is 16.6 Å². The van der Waals surface area contributed by atoms with E-state index in [9.17, 15) is 9.59 Å². The van der Waals surface area contributed by atoms with Crippen LogP contribution in [0.15, 0.2) is 35.4 Å². The number of benzene rings is 1. The fourth-order valence-electron chi connectivity index (χ4n) is 2.60. The van der Waals surface area contributed by atoms with Gasteiger partial charge in [0.1, 0.15) is 0 Å². The quantitative estimate of drug-likeness (QED) is 0.789. The van der Waals surface area contributed by atoms with Crippen LogP contribution in [0.4, 0.5) is 0 Å². The van der Waals surface area contributed by atoms with Gasteiger partial charge in [0.2, 0.25) is 5.91 Å². The zero-order valence-corrected chi connectivity index (χ0v) is 16.4. The molecule has 0 saturated heterocycles. The number of carbonyl (C=O) groups excluding carboxylic acids is 2. The topological polar surface area (TPSA) is 71.1 Å². The Morgan fingerprint density at radius 2 is 1.92 bits per heavy atom. The third-order valence-electron chi connectivity index (χ3n) is 4.01. The lowest BCUT2D eigenvalue weighted by Crippen LogP contribution is -2.44. The van der Waals surface area contributed by atoms with Gasteiger partial charge in [0, 0.05) is 17.0 Å². The van der Waals surface area contributed by atoms with Gasteiger partial charge in [-0.05, 0) is 52.7 Å². The average molecular weight is 372 g/mol. The molecule has 0 unspecified atom stereocenters. The largest absolute Gasteiger partial charge is 0.351 e. The number of rotatable bonds is 5. The molecule has 1 atom stereocenters. The summed E-state index contributed by atoms with van der Waals surface area (Å²) in [5.74, 6) is -0.110. The van der Waals surface area contributed by atoms with Crippen LogP contribution in [0.25, 0.3) is 10.9 Å². The summed E-state index contributed by atoms with van der Waals surface area (Å²) in [5.41, 5.74) is 1.10. The molecule has 1 aromatic carbocycles. The van der Waals surface area contributed by atoms with E-state index in [-0.39, 0.29) is 22.6 Å². The summed E-state index contributed by atoms with van der Waals surface area (Å²) in [6.45, 7) is 7.72. The first-order valence-corrected chi connectivity index (χ1v) is 9.80. The summed E-state index contributed by atoms with van der Waals surface area (Å²) in [4.78, 5) is 29.6. The van der Waals surface area contributed by atoms with Gasteiger partial charge >= 0.3 is 0 Å². The molecule has 1 aromatic heterocycles. The van der Waals surface area contributed by atoms with Crippen LogP contribution in [0.2, 0.25) is 0 Å². The number of hydrogen-bond donors (Lipinski definition) is 2. The van der Waals surface area contributed by atoms with Crippen LogP contribution >= 0.6 is 11.8 Å². The summed E-state index contributed by atoms with van der Waals surface area (Å²) < 4.78 is 0. The van der Waals surface area contributed by atoms with E-state index < -0.39 is 0 Å². The highest BCUT2D eigenvalue weighted by molar-refractivity contribution is 8.00. The van der Waals surface area contributed by atoms with Gasteiger partial charge in [-0.15, -0.1) is 0 Å². The minimum absolute atomic E-state index is 0.0403. The molecule has 1 saturated carbocycles. The van der Waals surface area contributed by atoms with Gasteiger partial charge in [-0.25, -0.2) is 4.98 Å². The van der Waals surface area contributed by atoms with E-state index in [1.165, 1.54) is 11.8 Å². The second kappa shape index (κ2) is 7.27. The Labute approximate surface area is 158 Å². The molecular formula is C20H25N3O2S. The van der Waals surface area contributed by atoms with Crippen LogP contribution < -0.4 is 10.6 Å². The van der Waals surface area contributed by atoms with Crippen molar-refractivity contribution in [3.8, 4) is 0 Å². The van der Waals surface area contributed by atoms with Crippen molar-refractivity contribution in [1.82, 2.24) is 15.6 Å². The molecule has 2 amide bonds. The van der Waals surface area contributed by atoms with Gasteiger partial charge in [0.15, 0.2) is 0 Å². The lowest BCUT2D eigenvalue weighted by molar-refractivity contribution is -0.121. The zero-order chi connectivity index (χ0) is 18.9. The number of nitrogens with zero attached hydrogens (tertiary/aromatic N) is 1. The van der Waals surface area contributed by atoms with Crippen LogP contribution in [-0.2, 0) is 4.79 Å². The normalized spacial score (nSPS) is 15.5. The smallest absolute Gasteiger partial charge is 0.252 e. The molecular weight excluding hydrogens is 346 g/mol. The molecule has 1 aliphatic rings. The summed E-state index contributed by atoms with van der Waals surface area (Å²) >= 11 is 1.37. The van der Waals surface area contributed by atoms with E-state index in [4.69, 9.17) is 0 Å². The summed E-state index contributed by atoms with van der Waals surface area (Å²) in [6.07, 6.45) is 2.08. The molecule has 1 aliphatic carbocycles. The molecule has 2 aromatic rings. The van der Waals surface area contributed by atoms with E-state index in [1.807, 2.05) is 52.0 Å². The Morgan fingerprint density at radius 3 is 2.58 bits per heavy atom. The van der Waals surface area contributed by atoms with Gasteiger partial charge in [-0.1, -0.05) is 30.0 Å². The van der Waals surface area contributed by atoms with Gasteiger partial charge in [-0.3, -0.25) is 9.59 Å². The molecule has 3 rings (SSSR count). The highest BCUT2D eigenvalue weighted by Gasteiger charge is 2.26. The number of aromatic nitrogens is 1. The number of thioether (sulfide) groups is 1. The Balaban J connectivity index is 1.86. The van der Waals surface area contributed by atoms with Crippen molar-refractivity contribution >= 4 is 34.5 Å². The fourth-order valence-corrected chi connectivity index (χ4v) is 3.46. The minimum Gasteiger partial charge on any atom is -0.351 e. The maximum Gasteiger partial charge on any atom is 0.252 e. The second-order valence-electron chi connectivity index (χ2n) is 7.77. The molecule has 0 aliphatic heterocycles. The number of carbonyl (C=O) groups is 2. The molecule has 6 heteroatoms. The molecule has 0 radical (unpaired) electrons. The van der Waals surface area contributed by atoms with E-state index >= 15 is 0 Å². The van der Waals surface area contributed by atoms with Crippen molar-refractivity contribution in [1.29, 1.82) is 0 Å². The standard InChI is InChI=1S/C20H25N3O2S/c1-12(18(24)23-20(2,3)4)26-17-11-15(19(25)21-13-9-10-13)14-7-5-6-8-16(14)22-17/h5-8,11-13H,9-10H2,1-4H3,(H,21,25)(H,23,24)/t12-/m1/s1.